The maximum atomic E-state index is 13.0. The van der Waals surface area contributed by atoms with Crippen molar-refractivity contribution in [1.82, 2.24) is 5.32 Å². The van der Waals surface area contributed by atoms with Gasteiger partial charge in [0.15, 0.2) is 6.10 Å². The van der Waals surface area contributed by atoms with Gasteiger partial charge in [-0.1, -0.05) is 6.07 Å². The van der Waals surface area contributed by atoms with E-state index >= 15 is 0 Å². The van der Waals surface area contributed by atoms with Gasteiger partial charge in [0.1, 0.15) is 11.6 Å². The highest BCUT2D eigenvalue weighted by molar-refractivity contribution is 5.81. The Hall–Kier alpha value is -1.62. The van der Waals surface area contributed by atoms with Crippen LogP contribution in [0.1, 0.15) is 32.6 Å². The Morgan fingerprint density at radius 3 is 2.75 bits per heavy atom. The van der Waals surface area contributed by atoms with E-state index in [1.807, 2.05) is 0 Å². The number of halogens is 1. The molecule has 2 rings (SSSR count). The van der Waals surface area contributed by atoms with Crippen LogP contribution >= 0.6 is 0 Å². The number of amides is 1. The number of carbonyl (C=O) groups is 1. The van der Waals surface area contributed by atoms with Crippen LogP contribution in [-0.2, 0) is 4.79 Å². The van der Waals surface area contributed by atoms with Crippen LogP contribution in [0.3, 0.4) is 0 Å². The van der Waals surface area contributed by atoms with Gasteiger partial charge in [0.2, 0.25) is 0 Å². The number of aliphatic hydroxyl groups is 1. The van der Waals surface area contributed by atoms with Crippen molar-refractivity contribution in [3.8, 4) is 5.75 Å². The minimum absolute atomic E-state index is 0.0875. The number of hydrogen-bond acceptors (Lipinski definition) is 3. The summed E-state index contributed by atoms with van der Waals surface area (Å²) in [6, 6.07) is 5.82. The van der Waals surface area contributed by atoms with Crippen LogP contribution < -0.4 is 10.1 Å². The Labute approximate surface area is 117 Å². The lowest BCUT2D eigenvalue weighted by Crippen LogP contribution is -2.44. The monoisotopic (exact) mass is 281 g/mol. The van der Waals surface area contributed by atoms with Crippen molar-refractivity contribution in [2.45, 2.75) is 50.9 Å². The second kappa shape index (κ2) is 6.70. The molecule has 1 aliphatic rings. The lowest BCUT2D eigenvalue weighted by molar-refractivity contribution is -0.128. The average Bonchev–Trinajstić information content (AvgIpc) is 2.41. The molecule has 0 bridgehead atoms. The summed E-state index contributed by atoms with van der Waals surface area (Å²) in [7, 11) is 0. The van der Waals surface area contributed by atoms with Crippen molar-refractivity contribution in [2.75, 3.05) is 0 Å². The quantitative estimate of drug-likeness (QED) is 0.887. The van der Waals surface area contributed by atoms with E-state index in [0.717, 1.165) is 12.8 Å². The molecule has 5 heteroatoms. The Balaban J connectivity index is 1.83. The number of rotatable bonds is 4. The van der Waals surface area contributed by atoms with Crippen LogP contribution in [0.15, 0.2) is 24.3 Å². The fraction of sp³-hybridized carbons (Fsp3) is 0.533. The summed E-state index contributed by atoms with van der Waals surface area (Å²) >= 11 is 0. The zero-order valence-electron chi connectivity index (χ0n) is 11.5. The predicted molar refractivity (Wildman–Crippen MR) is 72.9 cm³/mol. The molecule has 1 saturated carbocycles. The Bertz CT molecular complexity index is 458. The van der Waals surface area contributed by atoms with Crippen LogP contribution in [0.25, 0.3) is 0 Å². The van der Waals surface area contributed by atoms with E-state index in [9.17, 15) is 14.3 Å². The maximum absolute atomic E-state index is 13.0. The molecule has 0 heterocycles. The Kier molecular flexibility index (Phi) is 4.95. The molecule has 1 aliphatic carbocycles. The molecule has 1 aromatic carbocycles. The largest absolute Gasteiger partial charge is 0.481 e. The smallest absolute Gasteiger partial charge is 0.260 e. The number of nitrogens with one attached hydrogen (secondary N) is 1. The van der Waals surface area contributed by atoms with Crippen molar-refractivity contribution < 1.29 is 19.0 Å². The first-order valence-corrected chi connectivity index (χ1v) is 6.95. The molecule has 4 nitrogen and oxygen atoms in total. The van der Waals surface area contributed by atoms with E-state index in [0.29, 0.717) is 18.6 Å². The van der Waals surface area contributed by atoms with Gasteiger partial charge >= 0.3 is 0 Å². The number of carbonyl (C=O) groups excluding carboxylic acids is 1. The van der Waals surface area contributed by atoms with Gasteiger partial charge in [-0.25, -0.2) is 4.39 Å². The minimum Gasteiger partial charge on any atom is -0.481 e. The fourth-order valence-corrected chi connectivity index (χ4v) is 2.34. The summed E-state index contributed by atoms with van der Waals surface area (Å²) in [6.07, 6.45) is 2.06. The van der Waals surface area contributed by atoms with E-state index in [-0.39, 0.29) is 18.1 Å². The Morgan fingerprint density at radius 2 is 2.10 bits per heavy atom. The zero-order valence-corrected chi connectivity index (χ0v) is 11.5. The van der Waals surface area contributed by atoms with E-state index in [2.05, 4.69) is 5.32 Å². The third-order valence-electron chi connectivity index (χ3n) is 3.52. The topological polar surface area (TPSA) is 58.6 Å². The summed E-state index contributed by atoms with van der Waals surface area (Å²) in [5, 5.41) is 12.3. The molecule has 2 N–H and O–H groups in total. The highest BCUT2D eigenvalue weighted by atomic mass is 19.1. The van der Waals surface area contributed by atoms with Crippen LogP contribution in [-0.4, -0.2) is 29.3 Å². The molecule has 1 atom stereocenters. The van der Waals surface area contributed by atoms with Gasteiger partial charge in [-0.05, 0) is 44.7 Å². The van der Waals surface area contributed by atoms with Crippen molar-refractivity contribution in [1.29, 1.82) is 0 Å². The first-order valence-electron chi connectivity index (χ1n) is 6.95. The van der Waals surface area contributed by atoms with Crippen molar-refractivity contribution in [3.05, 3.63) is 30.1 Å². The molecule has 20 heavy (non-hydrogen) atoms. The molecule has 0 spiro atoms. The molecule has 0 aromatic heterocycles. The van der Waals surface area contributed by atoms with Crippen LogP contribution in [0, 0.1) is 5.82 Å². The summed E-state index contributed by atoms with van der Waals surface area (Å²) in [5.41, 5.74) is 0. The Morgan fingerprint density at radius 1 is 1.40 bits per heavy atom. The molecule has 1 fully saturated rings. The second-order valence-electron chi connectivity index (χ2n) is 5.23. The van der Waals surface area contributed by atoms with Gasteiger partial charge < -0.3 is 15.2 Å². The average molecular weight is 281 g/mol. The highest BCUT2D eigenvalue weighted by Gasteiger charge is 2.23. The molecule has 0 saturated heterocycles. The van der Waals surface area contributed by atoms with Crippen LogP contribution in [0.5, 0.6) is 5.75 Å². The molecular formula is C15H20FNO3. The SMILES string of the molecule is CC(Oc1cccc(F)c1)C(=O)NC1CCC(O)CC1. The summed E-state index contributed by atoms with van der Waals surface area (Å²) < 4.78 is 18.4. The molecule has 1 aromatic rings. The van der Waals surface area contributed by atoms with Gasteiger partial charge in [0.05, 0.1) is 6.10 Å². The normalized spacial score (nSPS) is 23.9. The van der Waals surface area contributed by atoms with Gasteiger partial charge in [-0.3, -0.25) is 4.79 Å². The lowest BCUT2D eigenvalue weighted by atomic mass is 9.93. The third-order valence-corrected chi connectivity index (χ3v) is 3.52. The second-order valence-corrected chi connectivity index (χ2v) is 5.23. The zero-order chi connectivity index (χ0) is 14.5. The fourth-order valence-electron chi connectivity index (χ4n) is 2.34. The molecule has 0 aliphatic heterocycles. The van der Waals surface area contributed by atoms with Gasteiger partial charge in [0.25, 0.3) is 5.91 Å². The van der Waals surface area contributed by atoms with Crippen LogP contribution in [0.2, 0.25) is 0 Å². The third kappa shape index (κ3) is 4.20. The van der Waals surface area contributed by atoms with Crippen molar-refractivity contribution >= 4 is 5.91 Å². The van der Waals surface area contributed by atoms with Gasteiger partial charge in [0, 0.05) is 12.1 Å². The van der Waals surface area contributed by atoms with Crippen molar-refractivity contribution in [3.63, 3.8) is 0 Å². The first kappa shape index (κ1) is 14.8. The molecule has 110 valence electrons. The number of hydrogen-bond donors (Lipinski definition) is 2. The number of ether oxygens (including phenoxy) is 1. The maximum Gasteiger partial charge on any atom is 0.260 e. The van der Waals surface area contributed by atoms with Crippen molar-refractivity contribution in [2.24, 2.45) is 0 Å². The molecule has 1 amide bonds. The van der Waals surface area contributed by atoms with E-state index in [1.54, 1.807) is 13.0 Å². The summed E-state index contributed by atoms with van der Waals surface area (Å²) in [4.78, 5) is 12.0. The molecule has 0 radical (unpaired) electrons. The molecular weight excluding hydrogens is 261 g/mol. The number of benzene rings is 1. The van der Waals surface area contributed by atoms with Gasteiger partial charge in [-0.2, -0.15) is 0 Å². The molecule has 1 unspecified atom stereocenters. The lowest BCUT2D eigenvalue weighted by Gasteiger charge is -2.27. The standard InChI is InChI=1S/C15H20FNO3/c1-10(20-14-4-2-3-11(16)9-14)15(19)17-12-5-7-13(18)8-6-12/h2-4,9-10,12-13,18H,5-8H2,1H3,(H,17,19). The van der Waals surface area contributed by atoms with Crippen LogP contribution in [0.4, 0.5) is 4.39 Å². The van der Waals surface area contributed by atoms with E-state index in [1.165, 1.54) is 18.2 Å². The van der Waals surface area contributed by atoms with E-state index < -0.39 is 11.9 Å². The van der Waals surface area contributed by atoms with E-state index in [4.69, 9.17) is 4.74 Å². The summed E-state index contributed by atoms with van der Waals surface area (Å²) in [5.74, 6) is -0.265. The predicted octanol–water partition coefficient (Wildman–Crippen LogP) is 2.01. The number of aliphatic hydroxyl groups excluding tert-OH is 1. The van der Waals surface area contributed by atoms with Gasteiger partial charge in [-0.15, -0.1) is 0 Å². The first-order chi connectivity index (χ1) is 9.54. The minimum atomic E-state index is -0.677. The highest BCUT2D eigenvalue weighted by Crippen LogP contribution is 2.19. The summed E-state index contributed by atoms with van der Waals surface area (Å²) in [6.45, 7) is 1.64.